The monoisotopic (exact) mass is 463 g/mol. The van der Waals surface area contributed by atoms with Crippen LogP contribution in [0.25, 0.3) is 0 Å². The van der Waals surface area contributed by atoms with Crippen LogP contribution in [0.4, 0.5) is 13.2 Å². The maximum absolute atomic E-state index is 13.1. The summed E-state index contributed by atoms with van der Waals surface area (Å²) in [6.45, 7) is 9.46. The van der Waals surface area contributed by atoms with Gasteiger partial charge in [0.25, 0.3) is 0 Å². The average Bonchev–Trinajstić information content (AvgIpc) is 2.59. The Kier molecular flexibility index (Phi) is 7.21. The number of hydrogen-bond donors (Lipinski definition) is 0. The standard InChI is InChI=1S/C20H25ClF3N3O2S/c1-13(2)27(11-9-18-25-10-8-17(26-18)19(3,4)5)30(28,29)16-7-6-14(12-15(16)21)20(22,23)24/h6-8,10,12-13H,9,11H2,1-5H3. The normalized spacial score (nSPS) is 13.3. The number of benzene rings is 1. The second-order valence-corrected chi connectivity index (χ2v) is 10.5. The molecule has 0 saturated carbocycles. The molecular weight excluding hydrogens is 439 g/mol. The van der Waals surface area contributed by atoms with Crippen molar-refractivity contribution in [3.05, 3.63) is 52.6 Å². The molecule has 0 spiro atoms. The molecule has 0 aliphatic heterocycles. The number of halogens is 4. The Hall–Kier alpha value is -1.71. The molecule has 0 unspecified atom stereocenters. The molecule has 0 aliphatic rings. The number of sulfonamides is 1. The van der Waals surface area contributed by atoms with Gasteiger partial charge in [-0.2, -0.15) is 17.5 Å². The van der Waals surface area contributed by atoms with Gasteiger partial charge in [0.2, 0.25) is 10.0 Å². The molecule has 0 bridgehead atoms. The van der Waals surface area contributed by atoms with Crippen LogP contribution >= 0.6 is 11.6 Å². The summed E-state index contributed by atoms with van der Waals surface area (Å²) in [5, 5.41) is -0.471. The topological polar surface area (TPSA) is 63.2 Å². The van der Waals surface area contributed by atoms with Crippen LogP contribution in [0.5, 0.6) is 0 Å². The van der Waals surface area contributed by atoms with Crippen molar-refractivity contribution in [3.8, 4) is 0 Å². The molecule has 1 aromatic carbocycles. The highest BCUT2D eigenvalue weighted by Gasteiger charge is 2.34. The lowest BCUT2D eigenvalue weighted by Crippen LogP contribution is -2.38. The van der Waals surface area contributed by atoms with Crippen LogP contribution < -0.4 is 0 Å². The van der Waals surface area contributed by atoms with Crippen LogP contribution in [0.15, 0.2) is 35.4 Å². The molecule has 0 N–H and O–H groups in total. The Morgan fingerprint density at radius 1 is 1.13 bits per heavy atom. The van der Waals surface area contributed by atoms with Crippen LogP contribution in [0.2, 0.25) is 5.02 Å². The second kappa shape index (κ2) is 8.80. The smallest absolute Gasteiger partial charge is 0.241 e. The van der Waals surface area contributed by atoms with Gasteiger partial charge in [0.15, 0.2) is 0 Å². The number of hydrogen-bond acceptors (Lipinski definition) is 4. The number of alkyl halides is 3. The van der Waals surface area contributed by atoms with Gasteiger partial charge in [-0.3, -0.25) is 0 Å². The van der Waals surface area contributed by atoms with Crippen molar-refractivity contribution in [1.82, 2.24) is 14.3 Å². The number of aromatic nitrogens is 2. The predicted octanol–water partition coefficient (Wildman–Crippen LogP) is 5.09. The quantitative estimate of drug-likeness (QED) is 0.598. The molecule has 0 amide bonds. The van der Waals surface area contributed by atoms with Crippen LogP contribution in [-0.2, 0) is 28.0 Å². The summed E-state index contributed by atoms with van der Waals surface area (Å²) >= 11 is 5.93. The maximum Gasteiger partial charge on any atom is 0.416 e. The summed E-state index contributed by atoms with van der Waals surface area (Å²) in [5.41, 5.74) is -0.359. The molecule has 0 atom stereocenters. The molecule has 0 saturated heterocycles. The van der Waals surface area contributed by atoms with Gasteiger partial charge in [-0.05, 0) is 38.1 Å². The molecule has 30 heavy (non-hydrogen) atoms. The summed E-state index contributed by atoms with van der Waals surface area (Å²) in [6.07, 6.45) is -2.73. The zero-order valence-electron chi connectivity index (χ0n) is 17.5. The Morgan fingerprint density at radius 3 is 2.27 bits per heavy atom. The van der Waals surface area contributed by atoms with E-state index in [-0.39, 0.29) is 23.3 Å². The third kappa shape index (κ3) is 5.70. The molecule has 1 aromatic heterocycles. The molecule has 166 valence electrons. The van der Waals surface area contributed by atoms with Crippen molar-refractivity contribution in [3.63, 3.8) is 0 Å². The largest absolute Gasteiger partial charge is 0.416 e. The van der Waals surface area contributed by atoms with E-state index in [1.165, 1.54) is 4.31 Å². The minimum Gasteiger partial charge on any atom is -0.241 e. The van der Waals surface area contributed by atoms with E-state index in [1.54, 1.807) is 20.0 Å². The second-order valence-electron chi connectivity index (χ2n) is 8.21. The van der Waals surface area contributed by atoms with E-state index in [0.29, 0.717) is 18.0 Å². The summed E-state index contributed by atoms with van der Waals surface area (Å²) < 4.78 is 66.1. The first-order chi connectivity index (χ1) is 13.6. The zero-order chi connectivity index (χ0) is 22.9. The summed E-state index contributed by atoms with van der Waals surface area (Å²) in [6, 6.07) is 3.60. The van der Waals surface area contributed by atoms with Crippen molar-refractivity contribution in [2.45, 2.75) is 63.6 Å². The van der Waals surface area contributed by atoms with Gasteiger partial charge in [-0.15, -0.1) is 0 Å². The fraction of sp³-hybridized carbons (Fsp3) is 0.500. The fourth-order valence-electron chi connectivity index (χ4n) is 2.82. The Balaban J connectivity index is 2.32. The highest BCUT2D eigenvalue weighted by atomic mass is 35.5. The van der Waals surface area contributed by atoms with Gasteiger partial charge in [-0.25, -0.2) is 18.4 Å². The minimum atomic E-state index is -4.61. The molecule has 2 rings (SSSR count). The van der Waals surface area contributed by atoms with Gasteiger partial charge >= 0.3 is 6.18 Å². The lowest BCUT2D eigenvalue weighted by atomic mass is 9.92. The first-order valence-electron chi connectivity index (χ1n) is 9.35. The van der Waals surface area contributed by atoms with E-state index >= 15 is 0 Å². The van der Waals surface area contributed by atoms with Gasteiger partial charge < -0.3 is 0 Å². The first-order valence-corrected chi connectivity index (χ1v) is 11.2. The summed E-state index contributed by atoms with van der Waals surface area (Å²) in [5.74, 6) is 0.488. The van der Waals surface area contributed by atoms with Crippen LogP contribution in [0.1, 0.15) is 51.7 Å². The van der Waals surface area contributed by atoms with Gasteiger partial charge in [-0.1, -0.05) is 32.4 Å². The zero-order valence-corrected chi connectivity index (χ0v) is 19.0. The fourth-order valence-corrected chi connectivity index (χ4v) is 4.97. The molecule has 0 radical (unpaired) electrons. The van der Waals surface area contributed by atoms with Crippen molar-refractivity contribution in [2.75, 3.05) is 6.54 Å². The van der Waals surface area contributed by atoms with Crippen LogP contribution in [-0.4, -0.2) is 35.3 Å². The third-order valence-corrected chi connectivity index (χ3v) is 7.01. The lowest BCUT2D eigenvalue weighted by molar-refractivity contribution is -0.137. The Morgan fingerprint density at radius 2 is 1.77 bits per heavy atom. The maximum atomic E-state index is 13.1. The van der Waals surface area contributed by atoms with E-state index in [4.69, 9.17) is 11.6 Å². The van der Waals surface area contributed by atoms with E-state index in [0.717, 1.165) is 11.8 Å². The molecule has 0 aliphatic carbocycles. The third-order valence-electron chi connectivity index (χ3n) is 4.45. The van der Waals surface area contributed by atoms with Gasteiger partial charge in [0.05, 0.1) is 10.6 Å². The summed E-state index contributed by atoms with van der Waals surface area (Å²) in [7, 11) is -4.12. The Bertz CT molecular complexity index is 1000. The van der Waals surface area contributed by atoms with Crippen molar-refractivity contribution >= 4 is 21.6 Å². The predicted molar refractivity (Wildman–Crippen MR) is 110 cm³/mol. The van der Waals surface area contributed by atoms with E-state index in [1.807, 2.05) is 26.8 Å². The lowest BCUT2D eigenvalue weighted by Gasteiger charge is -2.26. The van der Waals surface area contributed by atoms with Crippen molar-refractivity contribution < 1.29 is 21.6 Å². The average molecular weight is 464 g/mol. The highest BCUT2D eigenvalue weighted by molar-refractivity contribution is 7.89. The van der Waals surface area contributed by atoms with Gasteiger partial charge in [0, 0.05) is 36.3 Å². The molecular formula is C20H25ClF3N3O2S. The van der Waals surface area contributed by atoms with Crippen LogP contribution in [0, 0.1) is 0 Å². The van der Waals surface area contributed by atoms with E-state index < -0.39 is 32.8 Å². The van der Waals surface area contributed by atoms with Gasteiger partial charge in [0.1, 0.15) is 10.7 Å². The van der Waals surface area contributed by atoms with Crippen molar-refractivity contribution in [1.29, 1.82) is 0 Å². The highest BCUT2D eigenvalue weighted by Crippen LogP contribution is 2.34. The molecule has 5 nitrogen and oxygen atoms in total. The number of nitrogens with zero attached hydrogens (tertiary/aromatic N) is 3. The molecule has 10 heteroatoms. The van der Waals surface area contributed by atoms with Crippen molar-refractivity contribution in [2.24, 2.45) is 0 Å². The SMILES string of the molecule is CC(C)N(CCc1nccc(C(C)(C)C)n1)S(=O)(=O)c1ccc(C(F)(F)F)cc1Cl. The Labute approximate surface area is 180 Å². The number of rotatable bonds is 6. The van der Waals surface area contributed by atoms with E-state index in [9.17, 15) is 21.6 Å². The summed E-state index contributed by atoms with van der Waals surface area (Å²) in [4.78, 5) is 8.35. The van der Waals surface area contributed by atoms with Crippen LogP contribution in [0.3, 0.4) is 0 Å². The first kappa shape index (κ1) is 24.6. The minimum absolute atomic E-state index is 0.0605. The van der Waals surface area contributed by atoms with E-state index in [2.05, 4.69) is 9.97 Å². The molecule has 2 aromatic rings. The molecule has 0 fully saturated rings. The molecule has 1 heterocycles.